The predicted octanol–water partition coefficient (Wildman–Crippen LogP) is 7.17. The Hall–Kier alpha value is -1.73. The van der Waals surface area contributed by atoms with E-state index in [1.165, 1.54) is 24.0 Å². The lowest BCUT2D eigenvalue weighted by atomic mass is 9.82. The van der Waals surface area contributed by atoms with Crippen LogP contribution in [-0.4, -0.2) is 40.1 Å². The van der Waals surface area contributed by atoms with E-state index in [0.29, 0.717) is 12.0 Å². The number of hydrogen-bond acceptors (Lipinski definition) is 4. The molecule has 1 aliphatic heterocycles. The zero-order chi connectivity index (χ0) is 27.9. The van der Waals surface area contributed by atoms with Crippen LogP contribution in [0.1, 0.15) is 66.8 Å². The maximum Gasteiger partial charge on any atom is 0.221 e. The van der Waals surface area contributed by atoms with Gasteiger partial charge in [0.05, 0.1) is 12.2 Å². The molecular weight excluding hydrogens is 505 g/mol. The zero-order valence-corrected chi connectivity index (χ0v) is 26.5. The molecule has 2 aromatic rings. The molecule has 1 saturated carbocycles. The first-order valence-electron chi connectivity index (χ1n) is 14.2. The summed E-state index contributed by atoms with van der Waals surface area (Å²) in [5, 5.41) is 12.5. The highest BCUT2D eigenvalue weighted by Crippen LogP contribution is 2.45. The van der Waals surface area contributed by atoms with E-state index in [1.54, 1.807) is 0 Å². The highest BCUT2D eigenvalue weighted by Gasteiger charge is 2.56. The van der Waals surface area contributed by atoms with Gasteiger partial charge in [-0.3, -0.25) is 0 Å². The van der Waals surface area contributed by atoms with Crippen LogP contribution >= 0.6 is 0 Å². The van der Waals surface area contributed by atoms with Gasteiger partial charge in [0.15, 0.2) is 16.6 Å². The molecule has 1 aliphatic carbocycles. The highest BCUT2D eigenvalue weighted by molar-refractivity contribution is 6.70. The van der Waals surface area contributed by atoms with E-state index >= 15 is 0 Å². The molecular formula is C32H46O4Si2. The molecule has 2 aliphatic rings. The van der Waals surface area contributed by atoms with Crippen molar-refractivity contribution in [3.63, 3.8) is 0 Å². The van der Waals surface area contributed by atoms with E-state index < -0.39 is 28.5 Å². The summed E-state index contributed by atoms with van der Waals surface area (Å²) in [4.78, 5) is 0. The van der Waals surface area contributed by atoms with Gasteiger partial charge in [0.2, 0.25) is 5.79 Å². The van der Waals surface area contributed by atoms with Crippen LogP contribution in [0.15, 0.2) is 42.5 Å². The fourth-order valence-corrected chi connectivity index (χ4v) is 7.77. The summed E-state index contributed by atoms with van der Waals surface area (Å²) < 4.78 is 20.1. The first-order chi connectivity index (χ1) is 17.7. The summed E-state index contributed by atoms with van der Waals surface area (Å²) in [5.74, 6) is 2.02. The lowest BCUT2D eigenvalue weighted by Crippen LogP contribution is -2.64. The number of ether oxygens (including phenoxy) is 1. The third kappa shape index (κ3) is 6.70. The number of terminal acetylenes is 1. The molecule has 0 aromatic heterocycles. The summed E-state index contributed by atoms with van der Waals surface area (Å²) in [7, 11) is -4.04. The Bertz CT molecular complexity index is 1150. The van der Waals surface area contributed by atoms with Crippen LogP contribution in [0.2, 0.25) is 39.3 Å². The fourth-order valence-electron chi connectivity index (χ4n) is 5.56. The molecule has 5 atom stereocenters. The van der Waals surface area contributed by atoms with Crippen molar-refractivity contribution in [2.45, 2.75) is 109 Å². The van der Waals surface area contributed by atoms with Gasteiger partial charge in [-0.25, -0.2) is 0 Å². The van der Waals surface area contributed by atoms with Gasteiger partial charge in [-0.1, -0.05) is 50.1 Å². The molecule has 1 N–H and O–H groups in total. The van der Waals surface area contributed by atoms with E-state index in [2.05, 4.69) is 83.3 Å². The van der Waals surface area contributed by atoms with Crippen molar-refractivity contribution in [2.75, 3.05) is 0 Å². The lowest BCUT2D eigenvalue weighted by Gasteiger charge is -2.53. The molecule has 0 amide bonds. The Kier molecular flexibility index (Phi) is 8.50. The van der Waals surface area contributed by atoms with Crippen molar-refractivity contribution in [3.05, 3.63) is 70.3 Å². The van der Waals surface area contributed by atoms with Crippen LogP contribution < -0.4 is 0 Å². The van der Waals surface area contributed by atoms with Gasteiger partial charge in [0, 0.05) is 17.0 Å². The summed E-state index contributed by atoms with van der Waals surface area (Å²) in [5.41, 5.74) is 5.14. The quantitative estimate of drug-likeness (QED) is 0.266. The van der Waals surface area contributed by atoms with Crippen molar-refractivity contribution < 1.29 is 18.7 Å². The van der Waals surface area contributed by atoms with Gasteiger partial charge in [0.25, 0.3) is 0 Å². The Morgan fingerprint density at radius 2 is 1.63 bits per heavy atom. The summed E-state index contributed by atoms with van der Waals surface area (Å²) in [6, 6.07) is 14.8. The zero-order valence-electron chi connectivity index (χ0n) is 24.5. The Morgan fingerprint density at radius 1 is 1.00 bits per heavy atom. The molecule has 0 bridgehead atoms. The molecule has 38 heavy (non-hydrogen) atoms. The van der Waals surface area contributed by atoms with Gasteiger partial charge in [-0.15, -0.1) is 6.42 Å². The van der Waals surface area contributed by atoms with Crippen LogP contribution in [0.3, 0.4) is 0 Å². The van der Waals surface area contributed by atoms with E-state index in [0.717, 1.165) is 23.5 Å². The van der Waals surface area contributed by atoms with E-state index in [-0.39, 0.29) is 18.1 Å². The summed E-state index contributed by atoms with van der Waals surface area (Å²) >= 11 is 0. The third-order valence-corrected chi connectivity index (χ3v) is 9.53. The summed E-state index contributed by atoms with van der Waals surface area (Å²) in [6.45, 7) is 17.3. The largest absolute Gasteiger partial charge is 0.412 e. The molecule has 2 aromatic carbocycles. The second kappa shape index (κ2) is 11.0. The Labute approximate surface area is 232 Å². The van der Waals surface area contributed by atoms with E-state index in [9.17, 15) is 5.11 Å². The molecule has 4 nitrogen and oxygen atoms in total. The average molecular weight is 551 g/mol. The number of aliphatic hydroxyl groups is 1. The van der Waals surface area contributed by atoms with Crippen LogP contribution in [0.4, 0.5) is 0 Å². The average Bonchev–Trinajstić information content (AvgIpc) is 3.68. The fraction of sp³-hybridized carbons (Fsp3) is 0.562. The van der Waals surface area contributed by atoms with Gasteiger partial charge in [-0.2, -0.15) is 0 Å². The van der Waals surface area contributed by atoms with Crippen molar-refractivity contribution in [3.8, 4) is 12.3 Å². The van der Waals surface area contributed by atoms with Crippen molar-refractivity contribution in [1.29, 1.82) is 0 Å². The molecule has 0 unspecified atom stereocenters. The molecule has 1 saturated heterocycles. The molecule has 2 fully saturated rings. The van der Waals surface area contributed by atoms with E-state index in [4.69, 9.17) is 20.0 Å². The number of benzene rings is 2. The maximum absolute atomic E-state index is 12.5. The van der Waals surface area contributed by atoms with Gasteiger partial charge in [0.1, 0.15) is 6.10 Å². The third-order valence-electron chi connectivity index (χ3n) is 7.59. The molecule has 0 spiro atoms. The highest BCUT2D eigenvalue weighted by atomic mass is 28.4. The smallest absolute Gasteiger partial charge is 0.221 e. The first kappa shape index (κ1) is 29.3. The standard InChI is InChI=1S/C32H46O4Si2/c1-10-24-18-19-28(21-27(24)20-23-12-14-25(15-13-23)26-16-17-26)32(33)31(36-38(7,8)9)30(35-37(4,5)6)22(3)29(11-2)34-32/h1,12-15,18-19,21-22,26,29-31,33H,11,16-17,20H2,2-9H3/t22-,29-,30+,31-,32+/m1/s1. The predicted molar refractivity (Wildman–Crippen MR) is 160 cm³/mol. The molecule has 6 heteroatoms. The topological polar surface area (TPSA) is 47.9 Å². The van der Waals surface area contributed by atoms with Gasteiger partial charge < -0.3 is 18.7 Å². The second-order valence-electron chi connectivity index (χ2n) is 13.2. The lowest BCUT2D eigenvalue weighted by molar-refractivity contribution is -0.339. The van der Waals surface area contributed by atoms with Crippen molar-refractivity contribution in [1.82, 2.24) is 0 Å². The van der Waals surface area contributed by atoms with Crippen LogP contribution in [0.25, 0.3) is 0 Å². The normalized spacial score (nSPS) is 28.2. The molecule has 1 heterocycles. The maximum atomic E-state index is 12.5. The second-order valence-corrected chi connectivity index (χ2v) is 22.1. The molecule has 0 radical (unpaired) electrons. The number of hydrogen-bond donors (Lipinski definition) is 1. The Balaban J connectivity index is 1.75. The minimum atomic E-state index is -2.08. The molecule has 4 rings (SSSR count). The van der Waals surface area contributed by atoms with Crippen LogP contribution in [-0.2, 0) is 25.8 Å². The van der Waals surface area contributed by atoms with Gasteiger partial charge in [-0.05, 0) is 99.7 Å². The van der Waals surface area contributed by atoms with Crippen LogP contribution in [0, 0.1) is 18.3 Å². The van der Waals surface area contributed by atoms with Crippen molar-refractivity contribution in [2.24, 2.45) is 5.92 Å². The Morgan fingerprint density at radius 3 is 2.16 bits per heavy atom. The van der Waals surface area contributed by atoms with Crippen LogP contribution in [0.5, 0.6) is 0 Å². The van der Waals surface area contributed by atoms with Crippen molar-refractivity contribution >= 4 is 16.6 Å². The first-order valence-corrected chi connectivity index (χ1v) is 21.0. The minimum Gasteiger partial charge on any atom is -0.412 e. The minimum absolute atomic E-state index is 0.0859. The van der Waals surface area contributed by atoms with Gasteiger partial charge >= 0.3 is 0 Å². The number of rotatable bonds is 9. The summed E-state index contributed by atoms with van der Waals surface area (Å²) in [6.07, 6.45) is 8.90. The molecule has 206 valence electrons. The SMILES string of the molecule is C#Cc1ccc([C@]2(O)O[C@H](CC)[C@@H](C)[C@H](O[Si](C)(C)C)[C@H]2O[Si](C)(C)C)cc1Cc1ccc(C2CC2)cc1. The van der Waals surface area contributed by atoms with E-state index in [1.807, 2.05) is 18.2 Å². The monoisotopic (exact) mass is 550 g/mol.